The molecule has 1 atom stereocenters. The standard InChI is InChI=1S/C25H25N5O2S/c1-17(18-7-3-2-4-8-18)13-23(31)29-24-21(14-26)20-10-12-30(16-22(20)33-24)25(32)28-15-19-9-5-6-11-27-19/h2-9,11,17H,10,12-13,15-16H2,1H3,(H,28,32)(H,29,31). The van der Waals surface area contributed by atoms with Gasteiger partial charge in [0.25, 0.3) is 0 Å². The number of nitriles is 1. The molecule has 0 saturated heterocycles. The average molecular weight is 460 g/mol. The van der Waals surface area contributed by atoms with Crippen molar-refractivity contribution in [1.29, 1.82) is 5.26 Å². The maximum Gasteiger partial charge on any atom is 0.318 e. The molecule has 0 saturated carbocycles. The first-order valence-corrected chi connectivity index (χ1v) is 11.7. The van der Waals surface area contributed by atoms with Gasteiger partial charge in [0.2, 0.25) is 5.91 Å². The molecule has 7 nitrogen and oxygen atoms in total. The molecule has 1 aliphatic rings. The van der Waals surface area contributed by atoms with E-state index in [4.69, 9.17) is 0 Å². The molecule has 4 rings (SSSR count). The van der Waals surface area contributed by atoms with Crippen LogP contribution in [-0.4, -0.2) is 28.4 Å². The van der Waals surface area contributed by atoms with Crippen molar-refractivity contribution >= 4 is 28.3 Å². The lowest BCUT2D eigenvalue weighted by molar-refractivity contribution is -0.116. The molecular weight excluding hydrogens is 434 g/mol. The number of amides is 3. The van der Waals surface area contributed by atoms with Crippen LogP contribution in [0.25, 0.3) is 0 Å². The first kappa shape index (κ1) is 22.5. The zero-order valence-corrected chi connectivity index (χ0v) is 19.2. The topological polar surface area (TPSA) is 98.1 Å². The van der Waals surface area contributed by atoms with E-state index in [1.165, 1.54) is 11.3 Å². The minimum absolute atomic E-state index is 0.0737. The lowest BCUT2D eigenvalue weighted by atomic mass is 9.97. The summed E-state index contributed by atoms with van der Waals surface area (Å²) < 4.78 is 0. The number of carbonyl (C=O) groups is 2. The summed E-state index contributed by atoms with van der Waals surface area (Å²) in [7, 11) is 0. The van der Waals surface area contributed by atoms with Crippen LogP contribution in [0.3, 0.4) is 0 Å². The third-order valence-corrected chi connectivity index (χ3v) is 6.85. The number of carbonyl (C=O) groups excluding carboxylic acids is 2. The number of rotatable bonds is 6. The molecule has 33 heavy (non-hydrogen) atoms. The van der Waals surface area contributed by atoms with E-state index in [0.29, 0.717) is 43.0 Å². The third kappa shape index (κ3) is 5.38. The van der Waals surface area contributed by atoms with Crippen molar-refractivity contribution < 1.29 is 9.59 Å². The molecule has 3 heterocycles. The fourth-order valence-corrected chi connectivity index (χ4v) is 5.15. The van der Waals surface area contributed by atoms with Gasteiger partial charge in [0.15, 0.2) is 0 Å². The highest BCUT2D eigenvalue weighted by molar-refractivity contribution is 7.16. The van der Waals surface area contributed by atoms with Crippen molar-refractivity contribution in [2.45, 2.75) is 38.8 Å². The third-order valence-electron chi connectivity index (χ3n) is 5.72. The maximum atomic E-state index is 12.7. The summed E-state index contributed by atoms with van der Waals surface area (Å²) >= 11 is 1.38. The Bertz CT molecular complexity index is 1170. The summed E-state index contributed by atoms with van der Waals surface area (Å²) in [4.78, 5) is 32.2. The van der Waals surface area contributed by atoms with Gasteiger partial charge in [0.05, 0.1) is 24.3 Å². The van der Waals surface area contributed by atoms with Gasteiger partial charge in [-0.15, -0.1) is 11.3 Å². The van der Waals surface area contributed by atoms with Crippen LogP contribution < -0.4 is 10.6 Å². The summed E-state index contributed by atoms with van der Waals surface area (Å²) in [5.74, 6) is -0.0453. The molecule has 0 fully saturated rings. The van der Waals surface area contributed by atoms with Crippen LogP contribution in [0.1, 0.15) is 46.5 Å². The minimum Gasteiger partial charge on any atom is -0.332 e. The quantitative estimate of drug-likeness (QED) is 0.570. The second-order valence-electron chi connectivity index (χ2n) is 8.04. The van der Waals surface area contributed by atoms with E-state index in [1.54, 1.807) is 11.1 Å². The van der Waals surface area contributed by atoms with Gasteiger partial charge >= 0.3 is 6.03 Å². The molecule has 168 valence electrons. The summed E-state index contributed by atoms with van der Waals surface area (Å²) in [6.45, 7) is 3.31. The molecule has 1 aliphatic heterocycles. The molecule has 2 aromatic heterocycles. The van der Waals surface area contributed by atoms with Gasteiger partial charge in [-0.25, -0.2) is 4.79 Å². The molecule has 3 aromatic rings. The molecule has 1 unspecified atom stereocenters. The smallest absolute Gasteiger partial charge is 0.318 e. The molecule has 0 spiro atoms. The van der Waals surface area contributed by atoms with E-state index in [-0.39, 0.29) is 17.9 Å². The SMILES string of the molecule is CC(CC(=O)Nc1sc2c(c1C#N)CCN(C(=O)NCc1ccccn1)C2)c1ccccc1. The molecule has 0 bridgehead atoms. The fourth-order valence-electron chi connectivity index (χ4n) is 3.92. The normalized spacial score (nSPS) is 13.5. The van der Waals surface area contributed by atoms with E-state index < -0.39 is 0 Å². The number of anilines is 1. The van der Waals surface area contributed by atoms with Gasteiger partial charge in [-0.05, 0) is 35.6 Å². The summed E-state index contributed by atoms with van der Waals surface area (Å²) in [5, 5.41) is 16.1. The number of benzene rings is 1. The fraction of sp³-hybridized carbons (Fsp3) is 0.280. The summed E-state index contributed by atoms with van der Waals surface area (Å²) in [6.07, 6.45) is 2.61. The molecule has 1 aromatic carbocycles. The van der Waals surface area contributed by atoms with Crippen molar-refractivity contribution in [3.05, 3.63) is 82.0 Å². The number of thiophene rings is 1. The highest BCUT2D eigenvalue weighted by Crippen LogP contribution is 2.37. The Hall–Kier alpha value is -3.70. The molecule has 0 radical (unpaired) electrons. The number of pyridine rings is 1. The maximum absolute atomic E-state index is 12.7. The van der Waals surface area contributed by atoms with Crippen LogP contribution in [0.15, 0.2) is 54.7 Å². The number of nitrogens with zero attached hydrogens (tertiary/aromatic N) is 3. The zero-order chi connectivity index (χ0) is 23.2. The number of hydrogen-bond donors (Lipinski definition) is 2. The van der Waals surface area contributed by atoms with Crippen molar-refractivity contribution in [2.75, 3.05) is 11.9 Å². The minimum atomic E-state index is -0.166. The van der Waals surface area contributed by atoms with E-state index in [0.717, 1.165) is 21.7 Å². The molecular formula is C25H25N5O2S. The number of hydrogen-bond acceptors (Lipinski definition) is 5. The first-order chi connectivity index (χ1) is 16.0. The first-order valence-electron chi connectivity index (χ1n) is 10.9. The van der Waals surface area contributed by atoms with Crippen molar-refractivity contribution in [3.8, 4) is 6.07 Å². The Morgan fingerprint density at radius 3 is 2.73 bits per heavy atom. The Kier molecular flexibility index (Phi) is 7.01. The van der Waals surface area contributed by atoms with E-state index >= 15 is 0 Å². The second-order valence-corrected chi connectivity index (χ2v) is 9.14. The monoisotopic (exact) mass is 459 g/mol. The number of nitrogens with one attached hydrogen (secondary N) is 2. The summed E-state index contributed by atoms with van der Waals surface area (Å²) in [6, 6.07) is 17.6. The molecule has 8 heteroatoms. The molecule has 2 N–H and O–H groups in total. The predicted octanol–water partition coefficient (Wildman–Crippen LogP) is 4.41. The van der Waals surface area contributed by atoms with Crippen LogP contribution >= 0.6 is 11.3 Å². The average Bonchev–Trinajstić information content (AvgIpc) is 3.19. The van der Waals surface area contributed by atoms with Gasteiger partial charge in [-0.2, -0.15) is 5.26 Å². The van der Waals surface area contributed by atoms with Gasteiger partial charge < -0.3 is 15.5 Å². The summed E-state index contributed by atoms with van der Waals surface area (Å²) in [5.41, 5.74) is 3.35. The number of aromatic nitrogens is 1. The lowest BCUT2D eigenvalue weighted by Gasteiger charge is -2.27. The largest absolute Gasteiger partial charge is 0.332 e. The molecule has 0 aliphatic carbocycles. The second kappa shape index (κ2) is 10.3. The zero-order valence-electron chi connectivity index (χ0n) is 18.4. The van der Waals surface area contributed by atoms with Gasteiger partial charge in [-0.1, -0.05) is 43.3 Å². The Morgan fingerprint density at radius 2 is 2.00 bits per heavy atom. The van der Waals surface area contributed by atoms with E-state index in [9.17, 15) is 14.9 Å². The number of fused-ring (bicyclic) bond motifs is 1. The molecule has 3 amide bonds. The predicted molar refractivity (Wildman–Crippen MR) is 128 cm³/mol. The Labute approximate surface area is 197 Å². The highest BCUT2D eigenvalue weighted by atomic mass is 32.1. The Balaban J connectivity index is 1.39. The van der Waals surface area contributed by atoms with E-state index in [1.807, 2.05) is 55.5 Å². The van der Waals surface area contributed by atoms with Gasteiger partial charge in [0, 0.05) is 24.0 Å². The van der Waals surface area contributed by atoms with Crippen LogP contribution in [-0.2, 0) is 24.3 Å². The van der Waals surface area contributed by atoms with Crippen LogP contribution in [0.4, 0.5) is 9.80 Å². The Morgan fingerprint density at radius 1 is 1.21 bits per heavy atom. The van der Waals surface area contributed by atoms with Crippen LogP contribution in [0, 0.1) is 11.3 Å². The number of urea groups is 1. The van der Waals surface area contributed by atoms with Gasteiger partial charge in [0.1, 0.15) is 11.1 Å². The van der Waals surface area contributed by atoms with Crippen LogP contribution in [0.2, 0.25) is 0 Å². The van der Waals surface area contributed by atoms with Gasteiger partial charge in [-0.3, -0.25) is 9.78 Å². The van der Waals surface area contributed by atoms with Crippen LogP contribution in [0.5, 0.6) is 0 Å². The van der Waals surface area contributed by atoms with Crippen molar-refractivity contribution in [2.24, 2.45) is 0 Å². The van der Waals surface area contributed by atoms with E-state index in [2.05, 4.69) is 21.7 Å². The highest BCUT2D eigenvalue weighted by Gasteiger charge is 2.27. The van der Waals surface area contributed by atoms with Crippen molar-refractivity contribution in [1.82, 2.24) is 15.2 Å². The van der Waals surface area contributed by atoms with Crippen molar-refractivity contribution in [3.63, 3.8) is 0 Å². The lowest BCUT2D eigenvalue weighted by Crippen LogP contribution is -2.42.